The first-order valence-corrected chi connectivity index (χ1v) is 6.83. The van der Waals surface area contributed by atoms with E-state index in [0.29, 0.717) is 5.56 Å². The van der Waals surface area contributed by atoms with Gasteiger partial charge in [0.1, 0.15) is 5.82 Å². The summed E-state index contributed by atoms with van der Waals surface area (Å²) in [5, 5.41) is 0. The number of aromatic nitrogens is 1. The van der Waals surface area contributed by atoms with E-state index < -0.39 is 10.0 Å². The third kappa shape index (κ3) is 2.66. The fourth-order valence-electron chi connectivity index (χ4n) is 1.48. The van der Waals surface area contributed by atoms with Crippen LogP contribution in [0.5, 0.6) is 0 Å². The first-order valence-electron chi connectivity index (χ1n) is 5.35. The van der Waals surface area contributed by atoms with Crippen LogP contribution in [0.2, 0.25) is 0 Å². The van der Waals surface area contributed by atoms with Crippen molar-refractivity contribution in [3.63, 3.8) is 0 Å². The van der Waals surface area contributed by atoms with E-state index in [1.54, 1.807) is 30.3 Å². The molecule has 0 aliphatic rings. The molecule has 0 aliphatic carbocycles. The van der Waals surface area contributed by atoms with Crippen LogP contribution in [0.15, 0.2) is 53.6 Å². The lowest BCUT2D eigenvalue weighted by molar-refractivity contribution is 0.601. The molecule has 0 radical (unpaired) electrons. The Balaban J connectivity index is 2.34. The molecule has 0 amide bonds. The molecule has 1 aromatic heterocycles. The molecule has 1 aromatic carbocycles. The van der Waals surface area contributed by atoms with Gasteiger partial charge in [0.2, 0.25) is 0 Å². The molecular weight excluding hydrogens is 250 g/mol. The number of anilines is 1. The Kier molecular flexibility index (Phi) is 3.59. The lowest BCUT2D eigenvalue weighted by atomic mass is 10.3. The number of nitrogens with zero attached hydrogens (tertiary/aromatic N) is 1. The molecule has 1 heterocycles. The molecule has 0 aliphatic heterocycles. The lowest BCUT2D eigenvalue weighted by Gasteiger charge is -2.10. The molecule has 2 aromatic rings. The zero-order chi connectivity index (χ0) is 13.0. The van der Waals surface area contributed by atoms with Gasteiger partial charge in [-0.1, -0.05) is 24.3 Å². The predicted molar refractivity (Wildman–Crippen MR) is 69.4 cm³/mol. The van der Waals surface area contributed by atoms with Crippen molar-refractivity contribution in [3.8, 4) is 0 Å². The number of hydrogen-bond donors (Lipinski definition) is 2. The maximum atomic E-state index is 12.1. The smallest absolute Gasteiger partial charge is 0.263 e. The minimum Gasteiger partial charge on any atom is -0.326 e. The van der Waals surface area contributed by atoms with Gasteiger partial charge in [0.15, 0.2) is 0 Å². The fraction of sp³-hybridized carbons (Fsp3) is 0.0833. The van der Waals surface area contributed by atoms with E-state index in [4.69, 9.17) is 5.73 Å². The Hall–Kier alpha value is -1.92. The molecule has 0 unspecified atom stereocenters. The average Bonchev–Trinajstić information content (AvgIpc) is 2.40. The molecule has 0 saturated heterocycles. The first kappa shape index (κ1) is 12.5. The van der Waals surface area contributed by atoms with Gasteiger partial charge in [0.25, 0.3) is 10.0 Å². The van der Waals surface area contributed by atoms with Crippen molar-refractivity contribution < 1.29 is 8.42 Å². The Morgan fingerprint density at radius 2 is 1.83 bits per heavy atom. The normalized spacial score (nSPS) is 11.2. The van der Waals surface area contributed by atoms with Crippen LogP contribution in [-0.4, -0.2) is 13.4 Å². The molecule has 6 heteroatoms. The highest BCUT2D eigenvalue weighted by Gasteiger charge is 2.15. The van der Waals surface area contributed by atoms with Crippen molar-refractivity contribution in [2.45, 2.75) is 11.4 Å². The van der Waals surface area contributed by atoms with E-state index in [9.17, 15) is 8.42 Å². The highest BCUT2D eigenvalue weighted by atomic mass is 32.2. The van der Waals surface area contributed by atoms with Crippen molar-refractivity contribution in [1.82, 2.24) is 4.98 Å². The summed E-state index contributed by atoms with van der Waals surface area (Å²) in [6.07, 6.45) is 1.52. The topological polar surface area (TPSA) is 85.1 Å². The van der Waals surface area contributed by atoms with Crippen LogP contribution in [0.4, 0.5) is 5.82 Å². The van der Waals surface area contributed by atoms with Gasteiger partial charge in [-0.2, -0.15) is 0 Å². The highest BCUT2D eigenvalue weighted by Crippen LogP contribution is 2.16. The quantitative estimate of drug-likeness (QED) is 0.871. The second-order valence-corrected chi connectivity index (χ2v) is 5.32. The molecule has 0 spiro atoms. The predicted octanol–water partition coefficient (Wildman–Crippen LogP) is 1.34. The molecule has 0 bridgehead atoms. The van der Waals surface area contributed by atoms with Gasteiger partial charge >= 0.3 is 0 Å². The summed E-state index contributed by atoms with van der Waals surface area (Å²) in [5.74, 6) is 0.267. The molecule has 18 heavy (non-hydrogen) atoms. The standard InChI is InChI=1S/C12H13N3O2S/c13-9-10-5-4-8-14-12(10)15-18(16,17)11-6-2-1-3-7-11/h1-8H,9,13H2,(H,14,15). The van der Waals surface area contributed by atoms with Crippen molar-refractivity contribution in [1.29, 1.82) is 0 Å². The van der Waals surface area contributed by atoms with Crippen molar-refractivity contribution >= 4 is 15.8 Å². The summed E-state index contributed by atoms with van der Waals surface area (Å²) in [5.41, 5.74) is 6.18. The number of sulfonamides is 1. The van der Waals surface area contributed by atoms with Crippen LogP contribution in [0.3, 0.4) is 0 Å². The molecule has 3 N–H and O–H groups in total. The maximum Gasteiger partial charge on any atom is 0.263 e. The van der Waals surface area contributed by atoms with Gasteiger partial charge in [0.05, 0.1) is 4.90 Å². The van der Waals surface area contributed by atoms with Crippen LogP contribution in [-0.2, 0) is 16.6 Å². The van der Waals surface area contributed by atoms with Gasteiger partial charge in [-0.15, -0.1) is 0 Å². The van der Waals surface area contributed by atoms with E-state index >= 15 is 0 Å². The third-order valence-corrected chi connectivity index (χ3v) is 3.75. The molecule has 0 fully saturated rings. The number of rotatable bonds is 4. The molecule has 2 rings (SSSR count). The molecule has 0 atom stereocenters. The van der Waals surface area contributed by atoms with Crippen LogP contribution in [0, 0.1) is 0 Å². The number of nitrogens with two attached hydrogens (primary N) is 1. The lowest BCUT2D eigenvalue weighted by Crippen LogP contribution is -2.16. The van der Waals surface area contributed by atoms with Crippen LogP contribution in [0.25, 0.3) is 0 Å². The van der Waals surface area contributed by atoms with E-state index in [2.05, 4.69) is 9.71 Å². The van der Waals surface area contributed by atoms with Crippen molar-refractivity contribution in [3.05, 3.63) is 54.2 Å². The Morgan fingerprint density at radius 1 is 1.11 bits per heavy atom. The van der Waals surface area contributed by atoms with Gasteiger partial charge in [-0.25, -0.2) is 13.4 Å². The number of benzene rings is 1. The number of nitrogens with one attached hydrogen (secondary N) is 1. The van der Waals surface area contributed by atoms with Gasteiger partial charge in [-0.3, -0.25) is 4.72 Å². The summed E-state index contributed by atoms with van der Waals surface area (Å²) in [6.45, 7) is 0.223. The SMILES string of the molecule is NCc1cccnc1NS(=O)(=O)c1ccccc1. The summed E-state index contributed by atoms with van der Waals surface area (Å²) < 4.78 is 26.6. The van der Waals surface area contributed by atoms with E-state index in [1.165, 1.54) is 18.3 Å². The fourth-order valence-corrected chi connectivity index (χ4v) is 2.55. The minimum absolute atomic E-state index is 0.193. The number of hydrogen-bond acceptors (Lipinski definition) is 4. The average molecular weight is 263 g/mol. The van der Waals surface area contributed by atoms with Gasteiger partial charge < -0.3 is 5.73 Å². The second kappa shape index (κ2) is 5.16. The Morgan fingerprint density at radius 3 is 2.50 bits per heavy atom. The van der Waals surface area contributed by atoms with E-state index in [-0.39, 0.29) is 17.3 Å². The van der Waals surface area contributed by atoms with E-state index in [1.807, 2.05) is 0 Å². The molecule has 94 valence electrons. The summed E-state index contributed by atoms with van der Waals surface area (Å²) in [7, 11) is -3.61. The minimum atomic E-state index is -3.61. The molecule has 5 nitrogen and oxygen atoms in total. The summed E-state index contributed by atoms with van der Waals surface area (Å²) in [6, 6.07) is 11.6. The van der Waals surface area contributed by atoms with Crippen LogP contribution >= 0.6 is 0 Å². The Bertz CT molecular complexity index is 627. The van der Waals surface area contributed by atoms with Gasteiger partial charge in [-0.05, 0) is 18.2 Å². The maximum absolute atomic E-state index is 12.1. The zero-order valence-electron chi connectivity index (χ0n) is 9.58. The van der Waals surface area contributed by atoms with Crippen molar-refractivity contribution in [2.75, 3.05) is 4.72 Å². The largest absolute Gasteiger partial charge is 0.326 e. The second-order valence-electron chi connectivity index (χ2n) is 3.63. The first-order chi connectivity index (χ1) is 8.63. The number of pyridine rings is 1. The Labute approximate surface area is 106 Å². The van der Waals surface area contributed by atoms with E-state index in [0.717, 1.165) is 0 Å². The molecular formula is C12H13N3O2S. The zero-order valence-corrected chi connectivity index (χ0v) is 10.4. The highest BCUT2D eigenvalue weighted by molar-refractivity contribution is 7.92. The van der Waals surface area contributed by atoms with Gasteiger partial charge in [0, 0.05) is 18.3 Å². The van der Waals surface area contributed by atoms with Crippen LogP contribution in [0.1, 0.15) is 5.56 Å². The van der Waals surface area contributed by atoms with Crippen LogP contribution < -0.4 is 10.5 Å². The summed E-state index contributed by atoms with van der Waals surface area (Å²) in [4.78, 5) is 4.18. The monoisotopic (exact) mass is 263 g/mol. The summed E-state index contributed by atoms with van der Waals surface area (Å²) >= 11 is 0. The molecule has 0 saturated carbocycles. The van der Waals surface area contributed by atoms with Crippen molar-refractivity contribution in [2.24, 2.45) is 5.73 Å². The third-order valence-electron chi connectivity index (χ3n) is 2.40.